The molecular weight excluding hydrogens is 408 g/mol. The van der Waals surface area contributed by atoms with Gasteiger partial charge in [-0.15, -0.1) is 0 Å². The average Bonchev–Trinajstić information content (AvgIpc) is 3.31. The summed E-state index contributed by atoms with van der Waals surface area (Å²) < 4.78 is 5.65. The van der Waals surface area contributed by atoms with Crippen LogP contribution in [0.25, 0.3) is 6.08 Å². The SMILES string of the molecule is O=C(CCN1C(=O)C(=CC=Cc2ccco2)SC1=S)NCCc1ccc(O)cc1. The Labute approximate surface area is 178 Å². The molecule has 2 amide bonds. The number of nitrogens with zero attached hydrogens (tertiary/aromatic N) is 1. The smallest absolute Gasteiger partial charge is 0.266 e. The summed E-state index contributed by atoms with van der Waals surface area (Å²) in [5.41, 5.74) is 1.02. The number of nitrogens with one attached hydrogen (secondary N) is 1. The molecule has 1 aliphatic rings. The molecule has 0 bridgehead atoms. The van der Waals surface area contributed by atoms with E-state index in [0.717, 1.165) is 5.56 Å². The van der Waals surface area contributed by atoms with Crippen molar-refractivity contribution in [2.45, 2.75) is 12.8 Å². The summed E-state index contributed by atoms with van der Waals surface area (Å²) >= 11 is 6.49. The van der Waals surface area contributed by atoms with E-state index in [2.05, 4.69) is 5.32 Å². The fourth-order valence-electron chi connectivity index (χ4n) is 2.63. The minimum Gasteiger partial charge on any atom is -0.508 e. The maximum atomic E-state index is 12.5. The first kappa shape index (κ1) is 20.9. The number of rotatable bonds is 8. The molecule has 2 aromatic rings. The second-order valence-electron chi connectivity index (χ2n) is 6.25. The summed E-state index contributed by atoms with van der Waals surface area (Å²) in [6.45, 7) is 0.731. The fraction of sp³-hybridized carbons (Fsp3) is 0.190. The number of carbonyl (C=O) groups excluding carboxylic acids is 2. The highest BCUT2D eigenvalue weighted by Crippen LogP contribution is 2.31. The lowest BCUT2D eigenvalue weighted by Gasteiger charge is -2.14. The first-order chi connectivity index (χ1) is 14.0. The predicted octanol–water partition coefficient (Wildman–Crippen LogP) is 3.49. The molecule has 0 atom stereocenters. The topological polar surface area (TPSA) is 82.8 Å². The van der Waals surface area contributed by atoms with Gasteiger partial charge >= 0.3 is 0 Å². The van der Waals surface area contributed by atoms with Crippen LogP contribution in [0, 0.1) is 0 Å². The van der Waals surface area contributed by atoms with Crippen LogP contribution in [0.2, 0.25) is 0 Å². The van der Waals surface area contributed by atoms with Crippen molar-refractivity contribution < 1.29 is 19.1 Å². The highest BCUT2D eigenvalue weighted by atomic mass is 32.2. The third-order valence-electron chi connectivity index (χ3n) is 4.16. The van der Waals surface area contributed by atoms with Gasteiger partial charge in [0.05, 0.1) is 11.2 Å². The molecule has 0 unspecified atom stereocenters. The van der Waals surface area contributed by atoms with Gasteiger partial charge in [-0.25, -0.2) is 0 Å². The van der Waals surface area contributed by atoms with Crippen LogP contribution in [0.4, 0.5) is 0 Å². The van der Waals surface area contributed by atoms with Crippen molar-refractivity contribution in [1.82, 2.24) is 10.2 Å². The molecule has 1 fully saturated rings. The largest absolute Gasteiger partial charge is 0.508 e. The highest BCUT2D eigenvalue weighted by Gasteiger charge is 2.31. The van der Waals surface area contributed by atoms with Gasteiger partial charge in [0, 0.05) is 19.5 Å². The summed E-state index contributed by atoms with van der Waals surface area (Å²) in [6, 6.07) is 10.5. The molecule has 0 spiro atoms. The van der Waals surface area contributed by atoms with Crippen LogP contribution in [0.1, 0.15) is 17.7 Å². The van der Waals surface area contributed by atoms with Gasteiger partial charge in [-0.3, -0.25) is 14.5 Å². The zero-order chi connectivity index (χ0) is 20.6. The molecule has 150 valence electrons. The Balaban J connectivity index is 1.43. The van der Waals surface area contributed by atoms with Crippen molar-refractivity contribution >= 4 is 46.2 Å². The molecule has 1 aromatic heterocycles. The molecule has 29 heavy (non-hydrogen) atoms. The van der Waals surface area contributed by atoms with E-state index < -0.39 is 0 Å². The Hall–Kier alpha value is -2.84. The summed E-state index contributed by atoms with van der Waals surface area (Å²) in [4.78, 5) is 26.5. The number of thioether (sulfide) groups is 1. The number of benzene rings is 1. The summed E-state index contributed by atoms with van der Waals surface area (Å²) in [6.07, 6.45) is 7.61. The van der Waals surface area contributed by atoms with Crippen molar-refractivity contribution in [1.29, 1.82) is 0 Å². The number of carbonyl (C=O) groups is 2. The number of phenols is 1. The van der Waals surface area contributed by atoms with Crippen LogP contribution in [0.3, 0.4) is 0 Å². The van der Waals surface area contributed by atoms with Gasteiger partial charge in [-0.1, -0.05) is 42.2 Å². The second kappa shape index (κ2) is 10.1. The standard InChI is InChI=1S/C21H20N2O4S2/c24-16-8-6-15(7-9-16)10-12-22-19(25)11-13-23-20(26)18(29-21(23)28)5-1-3-17-4-2-14-27-17/h1-9,14,24H,10-13H2,(H,22,25). The Morgan fingerprint density at radius 3 is 2.79 bits per heavy atom. The lowest BCUT2D eigenvalue weighted by Crippen LogP contribution is -2.34. The van der Waals surface area contributed by atoms with Crippen LogP contribution in [-0.4, -0.2) is 39.2 Å². The Morgan fingerprint density at radius 2 is 2.07 bits per heavy atom. The molecule has 8 heteroatoms. The average molecular weight is 429 g/mol. The third-order valence-corrected chi connectivity index (χ3v) is 5.56. The number of hydrogen-bond acceptors (Lipinski definition) is 6. The van der Waals surface area contributed by atoms with E-state index in [0.29, 0.717) is 28.0 Å². The predicted molar refractivity (Wildman–Crippen MR) is 117 cm³/mol. The van der Waals surface area contributed by atoms with Gasteiger partial charge in [0.25, 0.3) is 5.91 Å². The number of allylic oxidation sites excluding steroid dienone is 2. The number of phenolic OH excluding ortho intramolecular Hbond substituents is 1. The van der Waals surface area contributed by atoms with E-state index in [1.165, 1.54) is 16.7 Å². The molecule has 1 aliphatic heterocycles. The molecule has 1 saturated heterocycles. The molecule has 3 rings (SSSR count). The monoisotopic (exact) mass is 428 g/mol. The molecule has 2 N–H and O–H groups in total. The quantitative estimate of drug-likeness (QED) is 0.495. The van der Waals surface area contributed by atoms with Gasteiger partial charge in [0.1, 0.15) is 15.8 Å². The van der Waals surface area contributed by atoms with Gasteiger partial charge in [0.15, 0.2) is 0 Å². The van der Waals surface area contributed by atoms with Crippen LogP contribution >= 0.6 is 24.0 Å². The third kappa shape index (κ3) is 6.07. The molecule has 1 aromatic carbocycles. The Morgan fingerprint density at radius 1 is 1.28 bits per heavy atom. The van der Waals surface area contributed by atoms with Crippen LogP contribution in [-0.2, 0) is 16.0 Å². The molecule has 0 radical (unpaired) electrons. The summed E-state index contributed by atoms with van der Waals surface area (Å²) in [5, 5.41) is 12.1. The zero-order valence-corrected chi connectivity index (χ0v) is 17.2. The molecule has 2 heterocycles. The van der Waals surface area contributed by atoms with E-state index >= 15 is 0 Å². The van der Waals surface area contributed by atoms with Crippen molar-refractivity contribution in [3.05, 3.63) is 71.0 Å². The van der Waals surface area contributed by atoms with Crippen LogP contribution in [0.15, 0.2) is 64.1 Å². The zero-order valence-electron chi connectivity index (χ0n) is 15.5. The highest BCUT2D eigenvalue weighted by molar-refractivity contribution is 8.26. The van der Waals surface area contributed by atoms with Gasteiger partial charge in [-0.2, -0.15) is 0 Å². The summed E-state index contributed by atoms with van der Waals surface area (Å²) in [5.74, 6) is 0.577. The van der Waals surface area contributed by atoms with Crippen molar-refractivity contribution in [2.75, 3.05) is 13.1 Å². The maximum absolute atomic E-state index is 12.5. The van der Waals surface area contributed by atoms with Crippen LogP contribution < -0.4 is 5.32 Å². The Bertz CT molecular complexity index is 934. The van der Waals surface area contributed by atoms with Crippen LogP contribution in [0.5, 0.6) is 5.75 Å². The van der Waals surface area contributed by atoms with E-state index in [1.54, 1.807) is 42.7 Å². The molecule has 6 nitrogen and oxygen atoms in total. The number of furan rings is 1. The first-order valence-electron chi connectivity index (χ1n) is 9.03. The minimum absolute atomic E-state index is 0.139. The maximum Gasteiger partial charge on any atom is 0.266 e. The van der Waals surface area contributed by atoms with Gasteiger partial charge in [-0.05, 0) is 48.4 Å². The lowest BCUT2D eigenvalue weighted by atomic mass is 10.1. The molecule has 0 saturated carbocycles. The van der Waals surface area contributed by atoms with Crippen molar-refractivity contribution in [2.24, 2.45) is 0 Å². The number of amides is 2. The number of hydrogen-bond donors (Lipinski definition) is 2. The van der Waals surface area contributed by atoms with Crippen molar-refractivity contribution in [3.63, 3.8) is 0 Å². The van der Waals surface area contributed by atoms with E-state index in [-0.39, 0.29) is 30.5 Å². The van der Waals surface area contributed by atoms with E-state index in [4.69, 9.17) is 16.6 Å². The van der Waals surface area contributed by atoms with Gasteiger partial charge < -0.3 is 14.8 Å². The van der Waals surface area contributed by atoms with Crippen molar-refractivity contribution in [3.8, 4) is 5.75 Å². The first-order valence-corrected chi connectivity index (χ1v) is 10.3. The normalized spacial score (nSPS) is 15.6. The lowest BCUT2D eigenvalue weighted by molar-refractivity contribution is -0.123. The second-order valence-corrected chi connectivity index (χ2v) is 7.92. The van der Waals surface area contributed by atoms with E-state index in [1.807, 2.05) is 18.2 Å². The minimum atomic E-state index is -0.194. The number of thiocarbonyl (C=S) groups is 1. The molecular formula is C21H20N2O4S2. The van der Waals surface area contributed by atoms with Gasteiger partial charge in [0.2, 0.25) is 5.91 Å². The Kier molecular flexibility index (Phi) is 7.26. The number of aromatic hydroxyl groups is 1. The van der Waals surface area contributed by atoms with E-state index in [9.17, 15) is 14.7 Å². The fourth-order valence-corrected chi connectivity index (χ4v) is 3.89. The summed E-state index contributed by atoms with van der Waals surface area (Å²) in [7, 11) is 0. The molecule has 0 aliphatic carbocycles.